The van der Waals surface area contributed by atoms with E-state index < -0.39 is 0 Å². The van der Waals surface area contributed by atoms with Crippen LogP contribution in [0.1, 0.15) is 11.1 Å². The number of benzene rings is 1. The maximum atomic E-state index is 5.79. The summed E-state index contributed by atoms with van der Waals surface area (Å²) in [5.74, 6) is 1.69. The van der Waals surface area contributed by atoms with Crippen molar-refractivity contribution in [1.82, 2.24) is 10.3 Å². The second-order valence-corrected chi connectivity index (χ2v) is 4.18. The van der Waals surface area contributed by atoms with Crippen LogP contribution in [0.25, 0.3) is 0 Å². The first-order chi connectivity index (χ1) is 8.85. The van der Waals surface area contributed by atoms with E-state index in [4.69, 9.17) is 4.74 Å². The van der Waals surface area contributed by atoms with E-state index in [0.29, 0.717) is 0 Å². The number of hydrogen-bond acceptors (Lipinski definition) is 3. The van der Waals surface area contributed by atoms with Gasteiger partial charge in [-0.15, -0.1) is 0 Å². The second kappa shape index (κ2) is 6.17. The molecule has 2 aromatic rings. The largest absolute Gasteiger partial charge is 0.438 e. The average molecular weight is 242 g/mol. The van der Waals surface area contributed by atoms with Crippen molar-refractivity contribution in [2.45, 2.75) is 12.8 Å². The molecule has 0 atom stereocenters. The molecule has 18 heavy (non-hydrogen) atoms. The van der Waals surface area contributed by atoms with Crippen molar-refractivity contribution in [3.05, 3.63) is 53.7 Å². The van der Waals surface area contributed by atoms with Crippen molar-refractivity contribution in [2.75, 3.05) is 14.1 Å². The number of fused-ring (bicyclic) bond motifs is 2. The Hall–Kier alpha value is -1.87. The van der Waals surface area contributed by atoms with Crippen molar-refractivity contribution in [2.24, 2.45) is 0 Å². The van der Waals surface area contributed by atoms with Gasteiger partial charge in [0, 0.05) is 11.8 Å². The summed E-state index contributed by atoms with van der Waals surface area (Å²) in [6, 6.07) is 12.2. The predicted octanol–water partition coefficient (Wildman–Crippen LogP) is 2.81. The van der Waals surface area contributed by atoms with Crippen LogP contribution in [0.5, 0.6) is 11.6 Å². The summed E-state index contributed by atoms with van der Waals surface area (Å²) in [5.41, 5.74) is 2.45. The summed E-state index contributed by atoms with van der Waals surface area (Å²) in [5, 5.41) is 2.75. The van der Waals surface area contributed by atoms with Gasteiger partial charge in [-0.25, -0.2) is 4.98 Å². The van der Waals surface area contributed by atoms with Gasteiger partial charge in [-0.3, -0.25) is 0 Å². The molecule has 3 rings (SSSR count). The second-order valence-electron chi connectivity index (χ2n) is 4.18. The highest BCUT2D eigenvalue weighted by Gasteiger charge is 2.13. The molecule has 0 aliphatic carbocycles. The number of rotatable bonds is 0. The zero-order valence-corrected chi connectivity index (χ0v) is 10.8. The summed E-state index contributed by atoms with van der Waals surface area (Å²) in [6.45, 7) is 0. The molecule has 0 unspecified atom stereocenters. The van der Waals surface area contributed by atoms with E-state index in [1.54, 1.807) is 6.20 Å². The van der Waals surface area contributed by atoms with Crippen molar-refractivity contribution >= 4 is 0 Å². The number of aromatic nitrogens is 1. The molecule has 94 valence electrons. The highest BCUT2D eigenvalue weighted by atomic mass is 16.5. The molecule has 0 bridgehead atoms. The first-order valence-corrected chi connectivity index (χ1v) is 6.13. The molecule has 3 heteroatoms. The van der Waals surface area contributed by atoms with Gasteiger partial charge in [0.25, 0.3) is 0 Å². The molecule has 1 N–H and O–H groups in total. The lowest BCUT2D eigenvalue weighted by atomic mass is 10.1. The Morgan fingerprint density at radius 1 is 1.00 bits per heavy atom. The predicted molar refractivity (Wildman–Crippen MR) is 73.1 cm³/mol. The number of nitrogens with zero attached hydrogens (tertiary/aromatic N) is 1. The average Bonchev–Trinajstić information content (AvgIpc) is 2.58. The molecular formula is C15H18N2O. The van der Waals surface area contributed by atoms with Gasteiger partial charge >= 0.3 is 0 Å². The molecule has 0 saturated heterocycles. The maximum absolute atomic E-state index is 5.79. The van der Waals surface area contributed by atoms with Gasteiger partial charge in [-0.2, -0.15) is 0 Å². The maximum Gasteiger partial charge on any atom is 0.222 e. The van der Waals surface area contributed by atoms with Crippen LogP contribution in [0.4, 0.5) is 0 Å². The number of para-hydroxylation sites is 1. The van der Waals surface area contributed by atoms with Crippen LogP contribution in [-0.4, -0.2) is 19.1 Å². The number of ether oxygens (including phenoxy) is 1. The molecule has 0 radical (unpaired) electrons. The number of pyridine rings is 1. The van der Waals surface area contributed by atoms with Crippen molar-refractivity contribution < 1.29 is 4.74 Å². The monoisotopic (exact) mass is 242 g/mol. The van der Waals surface area contributed by atoms with Gasteiger partial charge in [0.15, 0.2) is 0 Å². The Balaban J connectivity index is 0.000000367. The fourth-order valence-corrected chi connectivity index (χ4v) is 1.89. The highest BCUT2D eigenvalue weighted by molar-refractivity contribution is 5.41. The van der Waals surface area contributed by atoms with Crippen LogP contribution in [0.2, 0.25) is 0 Å². The fourth-order valence-electron chi connectivity index (χ4n) is 1.89. The van der Waals surface area contributed by atoms with Gasteiger partial charge in [0.1, 0.15) is 5.75 Å². The smallest absolute Gasteiger partial charge is 0.222 e. The van der Waals surface area contributed by atoms with Gasteiger partial charge < -0.3 is 10.1 Å². The van der Waals surface area contributed by atoms with E-state index >= 15 is 0 Å². The minimum Gasteiger partial charge on any atom is -0.438 e. The van der Waals surface area contributed by atoms with Crippen LogP contribution in [-0.2, 0) is 12.8 Å². The first-order valence-electron chi connectivity index (χ1n) is 6.13. The van der Waals surface area contributed by atoms with E-state index in [-0.39, 0.29) is 0 Å². The standard InChI is InChI=1S/C13H11NO.C2H7N/c1-2-6-12-10(4-1)7-8-11-5-3-9-14-13(11)15-12;1-3-2/h1-6,9H,7-8H2;3H,1-2H3. The SMILES string of the molecule is CNC.c1ccc2c(c1)CCc1cccnc1O2. The molecule has 1 aromatic carbocycles. The third kappa shape index (κ3) is 2.87. The number of aryl methyl sites for hydroxylation is 2. The zero-order chi connectivity index (χ0) is 12.8. The Labute approximate surface area is 108 Å². The fraction of sp³-hybridized carbons (Fsp3) is 0.267. The van der Waals surface area contributed by atoms with Crippen LogP contribution < -0.4 is 10.1 Å². The molecule has 1 aliphatic rings. The normalized spacial score (nSPS) is 12.1. The lowest BCUT2D eigenvalue weighted by molar-refractivity contribution is 0.459. The van der Waals surface area contributed by atoms with Gasteiger partial charge in [0.2, 0.25) is 5.88 Å². The van der Waals surface area contributed by atoms with E-state index in [1.807, 2.05) is 38.4 Å². The van der Waals surface area contributed by atoms with Crippen molar-refractivity contribution in [3.8, 4) is 11.6 Å². The minimum atomic E-state index is 0.752. The van der Waals surface area contributed by atoms with Crippen molar-refractivity contribution in [3.63, 3.8) is 0 Å². The number of hydrogen-bond donors (Lipinski definition) is 1. The summed E-state index contributed by atoms with van der Waals surface area (Å²) >= 11 is 0. The van der Waals surface area contributed by atoms with Crippen LogP contribution in [0.3, 0.4) is 0 Å². The Kier molecular flexibility index (Phi) is 4.31. The quantitative estimate of drug-likeness (QED) is 0.771. The molecule has 0 saturated carbocycles. The summed E-state index contributed by atoms with van der Waals surface area (Å²) in [7, 11) is 3.75. The van der Waals surface area contributed by atoms with E-state index in [2.05, 4.69) is 22.4 Å². The van der Waals surface area contributed by atoms with Crippen LogP contribution >= 0.6 is 0 Å². The van der Waals surface area contributed by atoms with Gasteiger partial charge in [-0.1, -0.05) is 24.3 Å². The third-order valence-electron chi connectivity index (χ3n) is 2.69. The first kappa shape index (κ1) is 12.6. The Morgan fingerprint density at radius 2 is 1.67 bits per heavy atom. The van der Waals surface area contributed by atoms with Crippen LogP contribution in [0, 0.1) is 0 Å². The Bertz CT molecular complexity index is 466. The topological polar surface area (TPSA) is 34.2 Å². The molecule has 0 spiro atoms. The minimum absolute atomic E-state index is 0.752. The molecular weight excluding hydrogens is 224 g/mol. The van der Waals surface area contributed by atoms with E-state index in [1.165, 1.54) is 11.1 Å². The molecule has 1 aromatic heterocycles. The summed E-state index contributed by atoms with van der Waals surface area (Å²) in [4.78, 5) is 4.26. The Morgan fingerprint density at radius 3 is 2.50 bits per heavy atom. The highest BCUT2D eigenvalue weighted by Crippen LogP contribution is 2.31. The summed E-state index contributed by atoms with van der Waals surface area (Å²) in [6.07, 6.45) is 3.79. The van der Waals surface area contributed by atoms with E-state index in [0.717, 1.165) is 24.5 Å². The third-order valence-corrected chi connectivity index (χ3v) is 2.69. The molecule has 2 heterocycles. The van der Waals surface area contributed by atoms with Crippen LogP contribution in [0.15, 0.2) is 42.6 Å². The lowest BCUT2D eigenvalue weighted by Crippen LogP contribution is -1.90. The molecule has 0 fully saturated rings. The lowest BCUT2D eigenvalue weighted by Gasteiger charge is -2.06. The molecule has 3 nitrogen and oxygen atoms in total. The molecule has 1 aliphatic heterocycles. The van der Waals surface area contributed by atoms with Crippen molar-refractivity contribution in [1.29, 1.82) is 0 Å². The summed E-state index contributed by atoms with van der Waals surface area (Å²) < 4.78 is 5.79. The van der Waals surface area contributed by atoms with Gasteiger partial charge in [0.05, 0.1) is 0 Å². The molecule has 0 amide bonds. The van der Waals surface area contributed by atoms with Gasteiger partial charge in [-0.05, 0) is 44.6 Å². The zero-order valence-electron chi connectivity index (χ0n) is 10.8. The van der Waals surface area contributed by atoms with E-state index in [9.17, 15) is 0 Å². The number of nitrogens with one attached hydrogen (secondary N) is 1.